The van der Waals surface area contributed by atoms with Crippen LogP contribution >= 0.6 is 11.8 Å². The number of ether oxygens (including phenoxy) is 2. The second-order valence-electron chi connectivity index (χ2n) is 6.55. The average Bonchev–Trinajstić information content (AvgIpc) is 3.39. The highest BCUT2D eigenvalue weighted by molar-refractivity contribution is 7.99. The van der Waals surface area contributed by atoms with Crippen LogP contribution < -0.4 is 20.1 Å². The first kappa shape index (κ1) is 20.7. The maximum atomic E-state index is 12.2. The molecule has 0 saturated heterocycles. The zero-order chi connectivity index (χ0) is 21.6. The average molecular weight is 440 g/mol. The number of aromatic nitrogens is 4. The molecule has 3 aromatic rings. The van der Waals surface area contributed by atoms with Crippen LogP contribution in [-0.2, 0) is 11.3 Å². The predicted octanol–water partition coefficient (Wildman–Crippen LogP) is 2.92. The summed E-state index contributed by atoms with van der Waals surface area (Å²) in [5, 5.41) is 14.0. The molecule has 0 unspecified atom stereocenters. The fraction of sp³-hybridized carbons (Fsp3) is 0.250. The lowest BCUT2D eigenvalue weighted by atomic mass is 10.2. The third-order valence-corrected chi connectivity index (χ3v) is 5.29. The van der Waals surface area contributed by atoms with Gasteiger partial charge in [-0.15, -0.1) is 10.2 Å². The van der Waals surface area contributed by atoms with Crippen molar-refractivity contribution in [2.45, 2.75) is 25.0 Å². The Hall–Kier alpha value is -3.60. The van der Waals surface area contributed by atoms with Crippen molar-refractivity contribution in [3.8, 4) is 22.9 Å². The number of thioether (sulfide) groups is 1. The highest BCUT2D eigenvalue weighted by Crippen LogP contribution is 2.34. The Morgan fingerprint density at radius 2 is 1.94 bits per heavy atom. The van der Waals surface area contributed by atoms with Gasteiger partial charge in [-0.25, -0.2) is 4.79 Å². The SMILES string of the molecule is CCCn1c(SCC(=O)NC(=O)Nc2ccc3c(c2)OCO3)nnc1-c1ccncc1. The fourth-order valence-corrected chi connectivity index (χ4v) is 3.73. The molecule has 1 aliphatic rings. The van der Waals surface area contributed by atoms with Crippen LogP contribution in [0.2, 0.25) is 0 Å². The number of nitrogens with zero attached hydrogens (tertiary/aromatic N) is 4. The van der Waals surface area contributed by atoms with Crippen molar-refractivity contribution in [1.29, 1.82) is 0 Å². The zero-order valence-electron chi connectivity index (χ0n) is 16.7. The largest absolute Gasteiger partial charge is 0.454 e. The molecule has 10 nitrogen and oxygen atoms in total. The Kier molecular flexibility index (Phi) is 6.32. The Bertz CT molecular complexity index is 1090. The lowest BCUT2D eigenvalue weighted by Gasteiger charge is -2.09. The normalized spacial score (nSPS) is 11.9. The minimum Gasteiger partial charge on any atom is -0.454 e. The first-order valence-corrected chi connectivity index (χ1v) is 10.6. The van der Waals surface area contributed by atoms with Crippen LogP contribution in [0.1, 0.15) is 13.3 Å². The fourth-order valence-electron chi connectivity index (χ4n) is 2.96. The maximum absolute atomic E-state index is 12.2. The summed E-state index contributed by atoms with van der Waals surface area (Å²) >= 11 is 1.22. The van der Waals surface area contributed by atoms with Crippen molar-refractivity contribution in [1.82, 2.24) is 25.1 Å². The second kappa shape index (κ2) is 9.47. The van der Waals surface area contributed by atoms with Crippen molar-refractivity contribution >= 4 is 29.4 Å². The number of nitrogens with one attached hydrogen (secondary N) is 2. The lowest BCUT2D eigenvalue weighted by Crippen LogP contribution is -2.35. The third-order valence-electron chi connectivity index (χ3n) is 4.32. The van der Waals surface area contributed by atoms with Crippen LogP contribution in [0, 0.1) is 0 Å². The highest BCUT2D eigenvalue weighted by Gasteiger charge is 2.17. The summed E-state index contributed by atoms with van der Waals surface area (Å²) in [6.07, 6.45) is 4.27. The molecule has 1 aliphatic heterocycles. The van der Waals surface area contributed by atoms with Gasteiger partial charge in [-0.1, -0.05) is 18.7 Å². The number of imide groups is 1. The Morgan fingerprint density at radius 1 is 1.13 bits per heavy atom. The van der Waals surface area contributed by atoms with Gasteiger partial charge < -0.3 is 19.4 Å². The summed E-state index contributed by atoms with van der Waals surface area (Å²) in [4.78, 5) is 28.4. The van der Waals surface area contributed by atoms with Gasteiger partial charge in [0.25, 0.3) is 0 Å². The smallest absolute Gasteiger partial charge is 0.325 e. The van der Waals surface area contributed by atoms with Gasteiger partial charge in [0.1, 0.15) is 0 Å². The summed E-state index contributed by atoms with van der Waals surface area (Å²) in [5.41, 5.74) is 1.39. The van der Waals surface area contributed by atoms with Gasteiger partial charge in [-0.2, -0.15) is 0 Å². The van der Waals surface area contributed by atoms with Crippen LogP contribution in [0.5, 0.6) is 11.5 Å². The molecule has 0 aliphatic carbocycles. The van der Waals surface area contributed by atoms with E-state index in [1.165, 1.54) is 11.8 Å². The van der Waals surface area contributed by atoms with E-state index in [1.807, 2.05) is 16.7 Å². The summed E-state index contributed by atoms with van der Waals surface area (Å²) < 4.78 is 12.5. The monoisotopic (exact) mass is 440 g/mol. The van der Waals surface area contributed by atoms with Gasteiger partial charge in [0.05, 0.1) is 5.75 Å². The molecule has 160 valence electrons. The Morgan fingerprint density at radius 3 is 2.74 bits per heavy atom. The first-order valence-electron chi connectivity index (χ1n) is 9.61. The molecule has 2 aromatic heterocycles. The van der Waals surface area contributed by atoms with Gasteiger partial charge in [-0.05, 0) is 30.7 Å². The maximum Gasteiger partial charge on any atom is 0.325 e. The topological polar surface area (TPSA) is 120 Å². The molecular formula is C20H20N6O4S. The molecule has 31 heavy (non-hydrogen) atoms. The lowest BCUT2D eigenvalue weighted by molar-refractivity contribution is -0.117. The van der Waals surface area contributed by atoms with E-state index in [0.717, 1.165) is 12.0 Å². The molecule has 3 amide bonds. The number of carbonyl (C=O) groups excluding carboxylic acids is 2. The van der Waals surface area contributed by atoms with Gasteiger partial charge in [0.2, 0.25) is 12.7 Å². The molecule has 0 saturated carbocycles. The standard InChI is InChI=1S/C20H20N6O4S/c1-2-9-26-18(13-5-7-21-8-6-13)24-25-20(26)31-11-17(27)23-19(28)22-14-3-4-15-16(10-14)30-12-29-15/h3-8,10H,2,9,11-12H2,1H3,(H2,22,23,27,28). The van der Waals surface area contributed by atoms with Crippen molar-refractivity contribution < 1.29 is 19.1 Å². The Labute approximate surface area is 182 Å². The van der Waals surface area contributed by atoms with E-state index < -0.39 is 11.9 Å². The minimum atomic E-state index is -0.628. The number of anilines is 1. The summed E-state index contributed by atoms with van der Waals surface area (Å²) in [6.45, 7) is 2.91. The third kappa shape index (κ3) is 4.94. The molecule has 1 aromatic carbocycles. The zero-order valence-corrected chi connectivity index (χ0v) is 17.5. The van der Waals surface area contributed by atoms with E-state index in [9.17, 15) is 9.59 Å². The number of carbonyl (C=O) groups is 2. The number of fused-ring (bicyclic) bond motifs is 1. The summed E-state index contributed by atoms with van der Waals surface area (Å²) in [7, 11) is 0. The number of hydrogen-bond acceptors (Lipinski definition) is 8. The van der Waals surface area contributed by atoms with E-state index in [-0.39, 0.29) is 12.5 Å². The van der Waals surface area contributed by atoms with Crippen LogP contribution in [0.25, 0.3) is 11.4 Å². The number of pyridine rings is 1. The number of hydrogen-bond donors (Lipinski definition) is 2. The second-order valence-corrected chi connectivity index (χ2v) is 7.50. The van der Waals surface area contributed by atoms with Crippen LogP contribution in [0.15, 0.2) is 47.9 Å². The van der Waals surface area contributed by atoms with Gasteiger partial charge in [-0.3, -0.25) is 15.1 Å². The molecule has 0 bridgehead atoms. The quantitative estimate of drug-likeness (QED) is 0.538. The van der Waals surface area contributed by atoms with Crippen molar-refractivity contribution in [2.24, 2.45) is 0 Å². The van der Waals surface area contributed by atoms with Crippen LogP contribution in [-0.4, -0.2) is 44.2 Å². The summed E-state index contributed by atoms with van der Waals surface area (Å²) in [5.74, 6) is 1.44. The van der Waals surface area contributed by atoms with E-state index in [4.69, 9.17) is 9.47 Å². The molecule has 2 N–H and O–H groups in total. The molecule has 4 rings (SSSR count). The molecule has 0 fully saturated rings. The summed E-state index contributed by atoms with van der Waals surface area (Å²) in [6, 6.07) is 8.08. The molecular weight excluding hydrogens is 420 g/mol. The number of amides is 3. The van der Waals surface area contributed by atoms with E-state index in [1.54, 1.807) is 30.6 Å². The molecule has 0 atom stereocenters. The number of rotatable bonds is 7. The number of urea groups is 1. The Balaban J connectivity index is 1.34. The van der Waals surface area contributed by atoms with Crippen LogP contribution in [0.4, 0.5) is 10.5 Å². The molecule has 3 heterocycles. The first-order chi connectivity index (χ1) is 15.1. The van der Waals surface area contributed by atoms with Gasteiger partial charge >= 0.3 is 6.03 Å². The highest BCUT2D eigenvalue weighted by atomic mass is 32.2. The number of benzene rings is 1. The van der Waals surface area contributed by atoms with Gasteiger partial charge in [0, 0.05) is 36.3 Å². The minimum absolute atomic E-state index is 0.0206. The van der Waals surface area contributed by atoms with Gasteiger partial charge in [0.15, 0.2) is 22.5 Å². The van der Waals surface area contributed by atoms with Crippen LogP contribution in [0.3, 0.4) is 0 Å². The molecule has 11 heteroatoms. The van der Waals surface area contributed by atoms with Crippen molar-refractivity contribution in [3.63, 3.8) is 0 Å². The van der Waals surface area contributed by atoms with E-state index >= 15 is 0 Å². The predicted molar refractivity (Wildman–Crippen MR) is 114 cm³/mol. The van der Waals surface area contributed by atoms with E-state index in [2.05, 4.69) is 32.7 Å². The van der Waals surface area contributed by atoms with Crippen molar-refractivity contribution in [3.05, 3.63) is 42.7 Å². The molecule has 0 spiro atoms. The molecule has 0 radical (unpaired) electrons. The van der Waals surface area contributed by atoms with E-state index in [0.29, 0.717) is 34.7 Å². The van der Waals surface area contributed by atoms with Crippen molar-refractivity contribution in [2.75, 3.05) is 17.9 Å².